The molecule has 0 aliphatic heterocycles. The van der Waals surface area contributed by atoms with Crippen LogP contribution in [0.15, 0.2) is 29.4 Å². The molecule has 2 aromatic rings. The van der Waals surface area contributed by atoms with Gasteiger partial charge < -0.3 is 5.73 Å². The van der Waals surface area contributed by atoms with Crippen molar-refractivity contribution in [3.63, 3.8) is 0 Å². The molecule has 7 nitrogen and oxygen atoms in total. The van der Waals surface area contributed by atoms with E-state index in [1.165, 1.54) is 18.3 Å². The van der Waals surface area contributed by atoms with Gasteiger partial charge in [-0.2, -0.15) is 5.10 Å². The van der Waals surface area contributed by atoms with Crippen molar-refractivity contribution in [3.05, 3.63) is 29.5 Å². The molecule has 0 amide bonds. The molecule has 0 bridgehead atoms. The van der Waals surface area contributed by atoms with E-state index >= 15 is 0 Å². The van der Waals surface area contributed by atoms with E-state index in [-0.39, 0.29) is 16.5 Å². The van der Waals surface area contributed by atoms with Crippen molar-refractivity contribution in [2.75, 3.05) is 10.5 Å². The Hall–Kier alpha value is -1.80. The molecule has 4 N–H and O–H groups in total. The highest BCUT2D eigenvalue weighted by Gasteiger charge is 2.19. The first-order chi connectivity index (χ1) is 7.99. The molecule has 90 valence electrons. The molecule has 0 aliphatic carbocycles. The molecule has 0 aliphatic rings. The third-order valence-electron chi connectivity index (χ3n) is 1.89. The monoisotopic (exact) mass is 273 g/mol. The Balaban J connectivity index is 2.30. The minimum atomic E-state index is -3.79. The van der Waals surface area contributed by atoms with Gasteiger partial charge in [0.05, 0.1) is 11.2 Å². The van der Waals surface area contributed by atoms with Crippen molar-refractivity contribution in [1.82, 2.24) is 15.2 Å². The van der Waals surface area contributed by atoms with Gasteiger partial charge >= 0.3 is 0 Å². The van der Waals surface area contributed by atoms with Crippen LogP contribution in [-0.2, 0) is 10.0 Å². The van der Waals surface area contributed by atoms with E-state index in [2.05, 4.69) is 19.9 Å². The molecule has 0 fully saturated rings. The topological polar surface area (TPSA) is 114 Å². The lowest BCUT2D eigenvalue weighted by Gasteiger charge is -2.05. The van der Waals surface area contributed by atoms with E-state index in [9.17, 15) is 8.42 Å². The maximum absolute atomic E-state index is 11.8. The number of halogens is 1. The summed E-state index contributed by atoms with van der Waals surface area (Å²) in [6, 6.07) is 2.96. The Morgan fingerprint density at radius 1 is 1.35 bits per heavy atom. The van der Waals surface area contributed by atoms with Crippen LogP contribution in [0.5, 0.6) is 0 Å². The standard InChI is InChI=1S/C8H8ClN5O2S/c9-5-1-2-7(11-3-5)14-17(15,16)6-4-12-13-8(6)10/h1-4H,(H,11,14)(H3,10,12,13). The summed E-state index contributed by atoms with van der Waals surface area (Å²) in [6.07, 6.45) is 2.45. The maximum atomic E-state index is 11.8. The average molecular weight is 274 g/mol. The maximum Gasteiger partial charge on any atom is 0.268 e. The fourth-order valence-corrected chi connectivity index (χ4v) is 2.27. The third-order valence-corrected chi connectivity index (χ3v) is 3.49. The second kappa shape index (κ2) is 4.22. The smallest absolute Gasteiger partial charge is 0.268 e. The van der Waals surface area contributed by atoms with Crippen molar-refractivity contribution in [3.8, 4) is 0 Å². The van der Waals surface area contributed by atoms with Gasteiger partial charge in [0.25, 0.3) is 10.0 Å². The Morgan fingerprint density at radius 3 is 2.65 bits per heavy atom. The molecule has 17 heavy (non-hydrogen) atoms. The molecule has 0 aromatic carbocycles. The second-order valence-corrected chi connectivity index (χ2v) is 5.20. The summed E-state index contributed by atoms with van der Waals surface area (Å²) in [5.41, 5.74) is 5.43. The molecular formula is C8H8ClN5O2S. The summed E-state index contributed by atoms with van der Waals surface area (Å²) in [7, 11) is -3.79. The normalized spacial score (nSPS) is 11.4. The Kier molecular flexibility index (Phi) is 2.90. The van der Waals surface area contributed by atoms with Crippen molar-refractivity contribution < 1.29 is 8.42 Å². The van der Waals surface area contributed by atoms with Gasteiger partial charge in [0, 0.05) is 6.20 Å². The molecule has 0 saturated carbocycles. The number of aromatic nitrogens is 3. The zero-order chi connectivity index (χ0) is 12.5. The lowest BCUT2D eigenvalue weighted by Crippen LogP contribution is -2.14. The van der Waals surface area contributed by atoms with Crippen LogP contribution < -0.4 is 10.5 Å². The van der Waals surface area contributed by atoms with Crippen LogP contribution >= 0.6 is 11.6 Å². The van der Waals surface area contributed by atoms with Crippen LogP contribution in [0, 0.1) is 0 Å². The van der Waals surface area contributed by atoms with Crippen LogP contribution in [0.3, 0.4) is 0 Å². The number of anilines is 2. The van der Waals surface area contributed by atoms with Crippen LogP contribution in [-0.4, -0.2) is 23.6 Å². The van der Waals surface area contributed by atoms with Crippen LogP contribution in [0.25, 0.3) is 0 Å². The number of hydrogen-bond donors (Lipinski definition) is 3. The predicted molar refractivity (Wildman–Crippen MR) is 63.1 cm³/mol. The summed E-state index contributed by atoms with van der Waals surface area (Å²) in [6.45, 7) is 0. The lowest BCUT2D eigenvalue weighted by atomic mass is 10.5. The minimum absolute atomic E-state index is 0.0357. The first-order valence-electron chi connectivity index (χ1n) is 4.42. The molecule has 0 saturated heterocycles. The molecule has 9 heteroatoms. The molecule has 0 unspecified atom stereocenters. The number of nitrogens with two attached hydrogens (primary N) is 1. The summed E-state index contributed by atoms with van der Waals surface area (Å²) in [4.78, 5) is 3.68. The molecule has 0 spiro atoms. The first-order valence-corrected chi connectivity index (χ1v) is 6.28. The quantitative estimate of drug-likeness (QED) is 0.767. The van der Waals surface area contributed by atoms with E-state index in [0.717, 1.165) is 6.20 Å². The summed E-state index contributed by atoms with van der Waals surface area (Å²) in [5.74, 6) is 0.112. The molecular weight excluding hydrogens is 266 g/mol. The van der Waals surface area contributed by atoms with E-state index in [4.69, 9.17) is 17.3 Å². The number of rotatable bonds is 3. The zero-order valence-corrected chi connectivity index (χ0v) is 9.96. The highest BCUT2D eigenvalue weighted by molar-refractivity contribution is 7.92. The zero-order valence-electron chi connectivity index (χ0n) is 8.38. The van der Waals surface area contributed by atoms with Crippen molar-refractivity contribution in [2.24, 2.45) is 0 Å². The highest BCUT2D eigenvalue weighted by Crippen LogP contribution is 2.18. The van der Waals surface area contributed by atoms with Gasteiger partial charge in [-0.15, -0.1) is 0 Å². The Morgan fingerprint density at radius 2 is 2.12 bits per heavy atom. The SMILES string of the molecule is Nc1[nH]ncc1S(=O)(=O)Nc1ccc(Cl)cn1. The number of nitrogen functional groups attached to an aromatic ring is 1. The van der Waals surface area contributed by atoms with E-state index < -0.39 is 10.0 Å². The summed E-state index contributed by atoms with van der Waals surface area (Å²) in [5, 5.41) is 6.28. The van der Waals surface area contributed by atoms with E-state index in [0.29, 0.717) is 5.02 Å². The summed E-state index contributed by atoms with van der Waals surface area (Å²) >= 11 is 5.63. The highest BCUT2D eigenvalue weighted by atomic mass is 35.5. The third kappa shape index (κ3) is 2.48. The van der Waals surface area contributed by atoms with Crippen LogP contribution in [0.2, 0.25) is 5.02 Å². The number of nitrogens with one attached hydrogen (secondary N) is 2. The van der Waals surface area contributed by atoms with Crippen LogP contribution in [0.1, 0.15) is 0 Å². The fraction of sp³-hybridized carbons (Fsp3) is 0. The van der Waals surface area contributed by atoms with Gasteiger partial charge in [0.1, 0.15) is 16.5 Å². The van der Waals surface area contributed by atoms with Gasteiger partial charge in [0.15, 0.2) is 0 Å². The molecule has 0 radical (unpaired) electrons. The first kappa shape index (κ1) is 11.7. The van der Waals surface area contributed by atoms with Gasteiger partial charge in [0.2, 0.25) is 0 Å². The largest absolute Gasteiger partial charge is 0.383 e. The average Bonchev–Trinajstić information content (AvgIpc) is 2.68. The minimum Gasteiger partial charge on any atom is -0.383 e. The number of pyridine rings is 1. The predicted octanol–water partition coefficient (Wildman–Crippen LogP) is 0.841. The van der Waals surface area contributed by atoms with Gasteiger partial charge in [-0.05, 0) is 12.1 Å². The van der Waals surface area contributed by atoms with Gasteiger partial charge in [-0.25, -0.2) is 13.4 Å². The van der Waals surface area contributed by atoms with E-state index in [1.54, 1.807) is 0 Å². The van der Waals surface area contributed by atoms with Crippen LogP contribution in [0.4, 0.5) is 11.6 Å². The van der Waals surface area contributed by atoms with Gasteiger partial charge in [-0.1, -0.05) is 11.6 Å². The van der Waals surface area contributed by atoms with Crippen molar-refractivity contribution in [1.29, 1.82) is 0 Å². The lowest BCUT2D eigenvalue weighted by molar-refractivity contribution is 0.601. The van der Waals surface area contributed by atoms with Crippen molar-refractivity contribution >= 4 is 33.3 Å². The molecule has 2 heterocycles. The molecule has 0 atom stereocenters. The number of H-pyrrole nitrogens is 1. The number of nitrogens with zero attached hydrogens (tertiary/aromatic N) is 2. The number of hydrogen-bond acceptors (Lipinski definition) is 5. The number of sulfonamides is 1. The summed E-state index contributed by atoms with van der Waals surface area (Å²) < 4.78 is 25.9. The molecule has 2 aromatic heterocycles. The fourth-order valence-electron chi connectivity index (χ4n) is 1.13. The Labute approximate surface area is 102 Å². The number of aromatic amines is 1. The molecule has 2 rings (SSSR count). The Bertz CT molecular complexity index is 622. The van der Waals surface area contributed by atoms with E-state index in [1.807, 2.05) is 0 Å². The second-order valence-electron chi connectivity index (χ2n) is 3.12. The van der Waals surface area contributed by atoms with Gasteiger partial charge in [-0.3, -0.25) is 9.82 Å². The van der Waals surface area contributed by atoms with Crippen molar-refractivity contribution in [2.45, 2.75) is 4.90 Å².